The molecule has 1 rings (SSSR count). The van der Waals surface area contributed by atoms with E-state index in [1.54, 1.807) is 0 Å². The number of ether oxygens (including phenoxy) is 1. The van der Waals surface area contributed by atoms with Crippen LogP contribution < -0.4 is 0 Å². The van der Waals surface area contributed by atoms with E-state index in [0.717, 1.165) is 26.1 Å². The fourth-order valence-electron chi connectivity index (χ4n) is 0.827. The van der Waals surface area contributed by atoms with Crippen LogP contribution in [0.2, 0.25) is 0 Å². The van der Waals surface area contributed by atoms with Gasteiger partial charge in [-0.3, -0.25) is 0 Å². The van der Waals surface area contributed by atoms with Crippen LogP contribution >= 0.6 is 12.4 Å². The van der Waals surface area contributed by atoms with E-state index >= 15 is 0 Å². The van der Waals surface area contributed by atoms with Crippen molar-refractivity contribution in [3.8, 4) is 6.07 Å². The Bertz CT molecular complexity index is 104. The maximum absolute atomic E-state index is 8.39. The second-order valence-electron chi connectivity index (χ2n) is 2.02. The highest BCUT2D eigenvalue weighted by Gasteiger charge is 2.11. The van der Waals surface area contributed by atoms with Crippen LogP contribution in [0.25, 0.3) is 0 Å². The first-order chi connectivity index (χ1) is 3.93. The zero-order valence-electron chi connectivity index (χ0n) is 5.17. The molecule has 1 saturated heterocycles. The van der Waals surface area contributed by atoms with E-state index in [-0.39, 0.29) is 18.3 Å². The summed E-state index contributed by atoms with van der Waals surface area (Å²) in [5, 5.41) is 8.39. The van der Waals surface area contributed by atoms with Crippen LogP contribution in [-0.2, 0) is 4.74 Å². The van der Waals surface area contributed by atoms with Gasteiger partial charge in [-0.25, -0.2) is 0 Å². The van der Waals surface area contributed by atoms with Gasteiger partial charge in [0.25, 0.3) is 0 Å². The maximum atomic E-state index is 8.39. The maximum Gasteiger partial charge on any atom is 0.0657 e. The van der Waals surface area contributed by atoms with Gasteiger partial charge < -0.3 is 4.74 Å². The molecule has 2 nitrogen and oxygen atoms in total. The normalized spacial score (nSPS) is 19.9. The first-order valence-corrected chi connectivity index (χ1v) is 2.91. The summed E-state index contributed by atoms with van der Waals surface area (Å²) in [6, 6.07) is 2.22. The standard InChI is InChI=1S/C6H9NO.ClH/c7-5-6-1-3-8-4-2-6;/h6H,1-4H2;1H. The minimum Gasteiger partial charge on any atom is -0.381 e. The van der Waals surface area contributed by atoms with Gasteiger partial charge in [0.2, 0.25) is 0 Å². The molecule has 0 aliphatic carbocycles. The number of rotatable bonds is 0. The monoisotopic (exact) mass is 147 g/mol. The third kappa shape index (κ3) is 2.69. The number of halogens is 1. The highest BCUT2D eigenvalue weighted by atomic mass is 35.5. The Morgan fingerprint density at radius 2 is 1.89 bits per heavy atom. The summed E-state index contributed by atoms with van der Waals surface area (Å²) in [5.41, 5.74) is 0. The molecule has 0 aromatic carbocycles. The first kappa shape index (κ1) is 8.74. The Morgan fingerprint density at radius 3 is 2.22 bits per heavy atom. The molecule has 0 aromatic rings. The Labute approximate surface area is 61.2 Å². The van der Waals surface area contributed by atoms with Crippen molar-refractivity contribution >= 4 is 12.4 Å². The van der Waals surface area contributed by atoms with Crippen molar-refractivity contribution in [2.45, 2.75) is 12.8 Å². The number of hydrogen-bond acceptors (Lipinski definition) is 2. The van der Waals surface area contributed by atoms with Gasteiger partial charge in [0.1, 0.15) is 0 Å². The number of nitriles is 1. The molecule has 0 atom stereocenters. The minimum absolute atomic E-state index is 0. The van der Waals surface area contributed by atoms with E-state index in [4.69, 9.17) is 10.00 Å². The molecular weight excluding hydrogens is 138 g/mol. The van der Waals surface area contributed by atoms with Gasteiger partial charge in [-0.05, 0) is 12.8 Å². The average molecular weight is 148 g/mol. The largest absolute Gasteiger partial charge is 0.381 e. The summed E-state index contributed by atoms with van der Waals surface area (Å²) in [7, 11) is 0. The summed E-state index contributed by atoms with van der Waals surface area (Å²) in [5.74, 6) is 0.267. The molecule has 0 spiro atoms. The number of nitrogens with zero attached hydrogens (tertiary/aromatic N) is 1. The molecule has 3 heteroatoms. The summed E-state index contributed by atoms with van der Waals surface area (Å²) in [6.45, 7) is 1.55. The molecular formula is C6H10ClNO. The zero-order chi connectivity index (χ0) is 5.82. The van der Waals surface area contributed by atoms with Crippen molar-refractivity contribution in [3.05, 3.63) is 0 Å². The van der Waals surface area contributed by atoms with Gasteiger partial charge in [-0.15, -0.1) is 12.4 Å². The molecule has 1 aliphatic heterocycles. The van der Waals surface area contributed by atoms with Gasteiger partial charge in [-0.2, -0.15) is 5.26 Å². The molecule has 9 heavy (non-hydrogen) atoms. The second kappa shape index (κ2) is 4.60. The highest BCUT2D eigenvalue weighted by molar-refractivity contribution is 5.85. The molecule has 0 aromatic heterocycles. The lowest BCUT2D eigenvalue weighted by atomic mass is 10.0. The molecule has 1 aliphatic rings. The van der Waals surface area contributed by atoms with Crippen LogP contribution in [0.5, 0.6) is 0 Å². The third-order valence-corrected chi connectivity index (χ3v) is 1.40. The van der Waals surface area contributed by atoms with Crippen molar-refractivity contribution in [1.82, 2.24) is 0 Å². The molecule has 0 amide bonds. The van der Waals surface area contributed by atoms with E-state index in [9.17, 15) is 0 Å². The summed E-state index contributed by atoms with van der Waals surface area (Å²) >= 11 is 0. The summed E-state index contributed by atoms with van der Waals surface area (Å²) in [4.78, 5) is 0. The fourth-order valence-corrected chi connectivity index (χ4v) is 0.827. The zero-order valence-corrected chi connectivity index (χ0v) is 5.99. The molecule has 0 radical (unpaired) electrons. The predicted molar refractivity (Wildman–Crippen MR) is 36.4 cm³/mol. The van der Waals surface area contributed by atoms with Crippen LogP contribution in [0, 0.1) is 17.2 Å². The summed E-state index contributed by atoms with van der Waals surface area (Å²) in [6.07, 6.45) is 1.85. The van der Waals surface area contributed by atoms with E-state index in [1.807, 2.05) is 0 Å². The van der Waals surface area contributed by atoms with E-state index in [1.165, 1.54) is 0 Å². The van der Waals surface area contributed by atoms with E-state index < -0.39 is 0 Å². The van der Waals surface area contributed by atoms with Gasteiger partial charge in [-0.1, -0.05) is 0 Å². The lowest BCUT2D eigenvalue weighted by Crippen LogP contribution is -2.13. The smallest absolute Gasteiger partial charge is 0.0657 e. The molecule has 0 bridgehead atoms. The Hall–Kier alpha value is -0.260. The summed E-state index contributed by atoms with van der Waals surface area (Å²) < 4.78 is 5.05. The van der Waals surface area contributed by atoms with E-state index in [2.05, 4.69) is 6.07 Å². The number of hydrogen-bond donors (Lipinski definition) is 0. The van der Waals surface area contributed by atoms with Crippen molar-refractivity contribution in [2.75, 3.05) is 13.2 Å². The van der Waals surface area contributed by atoms with Crippen molar-refractivity contribution in [3.63, 3.8) is 0 Å². The first-order valence-electron chi connectivity index (χ1n) is 2.91. The van der Waals surface area contributed by atoms with Crippen LogP contribution in [-0.4, -0.2) is 13.2 Å². The molecule has 1 heterocycles. The van der Waals surface area contributed by atoms with Gasteiger partial charge in [0.15, 0.2) is 0 Å². The van der Waals surface area contributed by atoms with Crippen molar-refractivity contribution in [2.24, 2.45) is 5.92 Å². The molecule has 0 unspecified atom stereocenters. The SMILES string of the molecule is Cl.N#CC1CCOCC1. The van der Waals surface area contributed by atoms with Crippen LogP contribution in [0.3, 0.4) is 0 Å². The van der Waals surface area contributed by atoms with Gasteiger partial charge in [0.05, 0.1) is 12.0 Å². The van der Waals surface area contributed by atoms with Crippen LogP contribution in [0.1, 0.15) is 12.8 Å². The Balaban J connectivity index is 0.000000640. The second-order valence-corrected chi connectivity index (χ2v) is 2.02. The predicted octanol–water partition coefficient (Wildman–Crippen LogP) is 1.36. The lowest BCUT2D eigenvalue weighted by molar-refractivity contribution is 0.0802. The fraction of sp³-hybridized carbons (Fsp3) is 0.833. The Kier molecular flexibility index (Phi) is 4.47. The Morgan fingerprint density at radius 1 is 1.33 bits per heavy atom. The molecule has 1 fully saturated rings. The highest BCUT2D eigenvalue weighted by Crippen LogP contribution is 2.11. The van der Waals surface area contributed by atoms with Crippen LogP contribution in [0.4, 0.5) is 0 Å². The lowest BCUT2D eigenvalue weighted by Gasteiger charge is -2.14. The van der Waals surface area contributed by atoms with E-state index in [0.29, 0.717) is 0 Å². The molecule has 0 saturated carbocycles. The third-order valence-electron chi connectivity index (χ3n) is 1.40. The quantitative estimate of drug-likeness (QED) is 0.518. The van der Waals surface area contributed by atoms with Crippen molar-refractivity contribution in [1.29, 1.82) is 5.26 Å². The minimum atomic E-state index is 0. The average Bonchev–Trinajstić information content (AvgIpc) is 1.90. The van der Waals surface area contributed by atoms with Crippen LogP contribution in [0.15, 0.2) is 0 Å². The van der Waals surface area contributed by atoms with Gasteiger partial charge in [0, 0.05) is 13.2 Å². The van der Waals surface area contributed by atoms with Gasteiger partial charge >= 0.3 is 0 Å². The van der Waals surface area contributed by atoms with Crippen molar-refractivity contribution < 1.29 is 4.74 Å². The molecule has 0 N–H and O–H groups in total. The molecule has 52 valence electrons. The topological polar surface area (TPSA) is 33.0 Å².